The van der Waals surface area contributed by atoms with Gasteiger partial charge in [0.25, 0.3) is 0 Å². The Kier molecular flexibility index (Phi) is 6.51. The van der Waals surface area contributed by atoms with Gasteiger partial charge >= 0.3 is 0 Å². The lowest BCUT2D eigenvalue weighted by Crippen LogP contribution is -2.35. The molecule has 2 aromatic carbocycles. The minimum atomic E-state index is -0.498. The highest BCUT2D eigenvalue weighted by molar-refractivity contribution is 9.09. The summed E-state index contributed by atoms with van der Waals surface area (Å²) in [7, 11) is 1.67. The van der Waals surface area contributed by atoms with Crippen molar-refractivity contribution in [3.8, 4) is 0 Å². The number of alkyl halides is 1. The molecule has 0 atom stereocenters. The quantitative estimate of drug-likeness (QED) is 0.458. The molecule has 0 unspecified atom stereocenters. The molecule has 26 heavy (non-hydrogen) atoms. The number of methoxy groups -OCH3 is 1. The average Bonchev–Trinajstić information content (AvgIpc) is 2.68. The van der Waals surface area contributed by atoms with Gasteiger partial charge in [0.1, 0.15) is 5.82 Å². The van der Waals surface area contributed by atoms with Crippen LogP contribution in [0.3, 0.4) is 0 Å². The fraction of sp³-hybridized carbons (Fsp3) is 0.350. The molecule has 138 valence electrons. The van der Waals surface area contributed by atoms with Crippen molar-refractivity contribution in [1.29, 1.82) is 0 Å². The number of carbonyl (C=O) groups excluding carboxylic acids is 1. The van der Waals surface area contributed by atoms with Crippen LogP contribution in [0.1, 0.15) is 28.8 Å². The lowest BCUT2D eigenvalue weighted by atomic mass is 9.86. The first-order chi connectivity index (χ1) is 12.6. The van der Waals surface area contributed by atoms with E-state index < -0.39 is 5.60 Å². The molecule has 1 fully saturated rings. The Balaban J connectivity index is 1.84. The van der Waals surface area contributed by atoms with Gasteiger partial charge in [0.15, 0.2) is 5.78 Å². The molecule has 3 nitrogen and oxygen atoms in total. The van der Waals surface area contributed by atoms with Crippen LogP contribution in [0.2, 0.25) is 0 Å². The molecule has 1 saturated heterocycles. The monoisotopic (exact) mass is 438 g/mol. The molecule has 0 aliphatic carbocycles. The van der Waals surface area contributed by atoms with Gasteiger partial charge in [-0.2, -0.15) is 0 Å². The van der Waals surface area contributed by atoms with Crippen LogP contribution >= 0.6 is 27.7 Å². The Morgan fingerprint density at radius 1 is 1.19 bits per heavy atom. The van der Waals surface area contributed by atoms with E-state index in [-0.39, 0.29) is 11.6 Å². The van der Waals surface area contributed by atoms with Crippen LogP contribution in [0.4, 0.5) is 4.39 Å². The van der Waals surface area contributed by atoms with E-state index in [0.29, 0.717) is 36.9 Å². The van der Waals surface area contributed by atoms with E-state index in [2.05, 4.69) is 15.9 Å². The molecule has 0 saturated carbocycles. The summed E-state index contributed by atoms with van der Waals surface area (Å²) in [5.74, 6) is -0.241. The van der Waals surface area contributed by atoms with Gasteiger partial charge in [-0.05, 0) is 35.9 Å². The van der Waals surface area contributed by atoms with E-state index in [1.165, 1.54) is 17.8 Å². The summed E-state index contributed by atoms with van der Waals surface area (Å²) in [4.78, 5) is 13.4. The van der Waals surface area contributed by atoms with Crippen LogP contribution in [0.25, 0.3) is 0 Å². The fourth-order valence-corrected chi connectivity index (χ4v) is 4.34. The summed E-state index contributed by atoms with van der Waals surface area (Å²) in [5.41, 5.74) is 1.01. The van der Waals surface area contributed by atoms with Crippen molar-refractivity contribution in [3.05, 3.63) is 59.4 Å². The van der Waals surface area contributed by atoms with E-state index in [9.17, 15) is 9.18 Å². The maximum Gasteiger partial charge on any atom is 0.173 e. The molecular formula is C20H20BrFO3S. The third-order valence-electron chi connectivity index (χ3n) is 4.62. The van der Waals surface area contributed by atoms with Crippen molar-refractivity contribution < 1.29 is 18.7 Å². The third-order valence-corrected chi connectivity index (χ3v) is 6.11. The van der Waals surface area contributed by atoms with Gasteiger partial charge in [-0.3, -0.25) is 4.79 Å². The number of hydrogen-bond acceptors (Lipinski definition) is 4. The highest BCUT2D eigenvalue weighted by Crippen LogP contribution is 2.38. The lowest BCUT2D eigenvalue weighted by Gasteiger charge is -2.36. The Hall–Kier alpha value is -1.21. The Morgan fingerprint density at radius 3 is 2.50 bits per heavy atom. The van der Waals surface area contributed by atoms with Crippen LogP contribution < -0.4 is 0 Å². The number of Topliss-reactive ketones (excluding diaryl/α,β-unsaturated/α-hetero) is 1. The summed E-state index contributed by atoms with van der Waals surface area (Å²) < 4.78 is 25.5. The summed E-state index contributed by atoms with van der Waals surface area (Å²) in [6.07, 6.45) is 1.42. The summed E-state index contributed by atoms with van der Waals surface area (Å²) in [5, 5.41) is 0.301. The minimum Gasteiger partial charge on any atom is -0.381 e. The largest absolute Gasteiger partial charge is 0.381 e. The molecule has 2 aromatic rings. The number of ether oxygens (including phenoxy) is 2. The maximum absolute atomic E-state index is 14.3. The molecule has 1 aliphatic heterocycles. The second-order valence-electron chi connectivity index (χ2n) is 6.17. The first kappa shape index (κ1) is 19.5. The summed E-state index contributed by atoms with van der Waals surface area (Å²) >= 11 is 4.64. The van der Waals surface area contributed by atoms with Gasteiger partial charge in [0.05, 0.1) is 10.9 Å². The van der Waals surface area contributed by atoms with Crippen LogP contribution in [0, 0.1) is 5.82 Å². The standard InChI is InChI=1S/C20H20BrFO3S/c1-24-20(6-8-25-9-7-20)15-10-16(22)12-18(11-15)26-17-4-2-14(3-5-17)19(23)13-21/h2-5,10-12H,6-9,13H2,1H3. The zero-order valence-electron chi connectivity index (χ0n) is 14.5. The zero-order chi connectivity index (χ0) is 18.6. The minimum absolute atomic E-state index is 0.0381. The molecule has 0 radical (unpaired) electrons. The molecular weight excluding hydrogens is 419 g/mol. The average molecular weight is 439 g/mol. The molecule has 0 aromatic heterocycles. The number of ketones is 1. The highest BCUT2D eigenvalue weighted by Gasteiger charge is 2.35. The van der Waals surface area contributed by atoms with E-state index in [4.69, 9.17) is 9.47 Å². The Labute approximate surface area is 165 Å². The van der Waals surface area contributed by atoms with Crippen molar-refractivity contribution in [2.75, 3.05) is 25.7 Å². The van der Waals surface area contributed by atoms with E-state index >= 15 is 0 Å². The molecule has 0 spiro atoms. The van der Waals surface area contributed by atoms with Crippen molar-refractivity contribution in [3.63, 3.8) is 0 Å². The predicted molar refractivity (Wildman–Crippen MR) is 104 cm³/mol. The van der Waals surface area contributed by atoms with E-state index in [1.54, 1.807) is 25.3 Å². The first-order valence-corrected chi connectivity index (χ1v) is 10.3. The molecule has 3 rings (SSSR count). The van der Waals surface area contributed by atoms with Crippen LogP contribution in [0.5, 0.6) is 0 Å². The van der Waals surface area contributed by atoms with Gasteiger partial charge in [0.2, 0.25) is 0 Å². The highest BCUT2D eigenvalue weighted by atomic mass is 79.9. The molecule has 1 heterocycles. The van der Waals surface area contributed by atoms with Crippen LogP contribution in [-0.4, -0.2) is 31.4 Å². The number of carbonyl (C=O) groups is 1. The van der Waals surface area contributed by atoms with Gasteiger partial charge < -0.3 is 9.47 Å². The van der Waals surface area contributed by atoms with E-state index in [1.807, 2.05) is 18.2 Å². The third kappa shape index (κ3) is 4.36. The van der Waals surface area contributed by atoms with Crippen molar-refractivity contribution in [1.82, 2.24) is 0 Å². The zero-order valence-corrected chi connectivity index (χ0v) is 16.9. The molecule has 1 aliphatic rings. The molecule has 0 N–H and O–H groups in total. The molecule has 0 bridgehead atoms. The summed E-state index contributed by atoms with van der Waals surface area (Å²) in [6.45, 7) is 1.21. The van der Waals surface area contributed by atoms with Crippen molar-refractivity contribution in [2.45, 2.75) is 28.2 Å². The number of rotatable bonds is 6. The predicted octanol–water partition coefficient (Wildman–Crippen LogP) is 5.21. The van der Waals surface area contributed by atoms with Gasteiger partial charge in [-0.1, -0.05) is 39.8 Å². The molecule has 6 heteroatoms. The normalized spacial score (nSPS) is 16.4. The van der Waals surface area contributed by atoms with Crippen LogP contribution in [0.15, 0.2) is 52.3 Å². The first-order valence-electron chi connectivity index (χ1n) is 8.37. The smallest absolute Gasteiger partial charge is 0.173 e. The fourth-order valence-electron chi connectivity index (χ4n) is 3.12. The molecule has 0 amide bonds. The Bertz CT molecular complexity index is 773. The van der Waals surface area contributed by atoms with Crippen molar-refractivity contribution >= 4 is 33.5 Å². The van der Waals surface area contributed by atoms with E-state index in [0.717, 1.165) is 15.4 Å². The van der Waals surface area contributed by atoms with Gasteiger partial charge in [-0.25, -0.2) is 4.39 Å². The van der Waals surface area contributed by atoms with Crippen LogP contribution in [-0.2, 0) is 15.1 Å². The SMILES string of the molecule is COC1(c2cc(F)cc(Sc3ccc(C(=O)CBr)cc3)c2)CCOCC1. The van der Waals surface area contributed by atoms with Gasteiger partial charge in [0, 0.05) is 48.5 Å². The summed E-state index contributed by atoms with van der Waals surface area (Å²) in [6, 6.07) is 12.4. The van der Waals surface area contributed by atoms with Crippen molar-refractivity contribution in [2.24, 2.45) is 0 Å². The lowest BCUT2D eigenvalue weighted by molar-refractivity contribution is -0.0950. The number of benzene rings is 2. The second-order valence-corrected chi connectivity index (χ2v) is 7.88. The Morgan fingerprint density at radius 2 is 1.88 bits per heavy atom. The second kappa shape index (κ2) is 8.65. The number of halogens is 2. The maximum atomic E-state index is 14.3. The topological polar surface area (TPSA) is 35.5 Å². The van der Waals surface area contributed by atoms with Gasteiger partial charge in [-0.15, -0.1) is 0 Å². The number of hydrogen-bond donors (Lipinski definition) is 0.